The van der Waals surface area contributed by atoms with Crippen molar-refractivity contribution in [2.24, 2.45) is 29.1 Å². The first-order chi connectivity index (χ1) is 15.5. The number of benzene rings is 1. The number of carbonyl (C=O) groups is 1. The van der Waals surface area contributed by atoms with E-state index in [1.807, 2.05) is 12.1 Å². The van der Waals surface area contributed by atoms with Crippen molar-refractivity contribution in [1.29, 1.82) is 5.26 Å². The first-order valence-electron chi connectivity index (χ1n) is 12.4. The number of nitrogens with zero attached hydrogens (tertiary/aromatic N) is 1. The fraction of sp³-hybridized carbons (Fsp3) is 0.517. The molecule has 0 saturated heterocycles. The second-order valence-corrected chi connectivity index (χ2v) is 11.3. The normalized spacial score (nSPS) is 37.8. The van der Waals surface area contributed by atoms with Gasteiger partial charge in [-0.25, -0.2) is 0 Å². The highest BCUT2D eigenvalue weighted by molar-refractivity contribution is 6.00. The summed E-state index contributed by atoms with van der Waals surface area (Å²) in [6, 6.07) is 10.1. The van der Waals surface area contributed by atoms with Crippen LogP contribution in [0.1, 0.15) is 75.8 Å². The quantitative estimate of drug-likeness (QED) is 0.618. The van der Waals surface area contributed by atoms with Crippen LogP contribution in [0.15, 0.2) is 58.8 Å². The molecule has 0 radical (unpaired) electrons. The lowest BCUT2D eigenvalue weighted by Gasteiger charge is -2.57. The van der Waals surface area contributed by atoms with Crippen molar-refractivity contribution in [3.8, 4) is 6.07 Å². The molecule has 6 aliphatic rings. The average molecular weight is 425 g/mol. The zero-order valence-corrected chi connectivity index (χ0v) is 19.2. The lowest BCUT2D eigenvalue weighted by Crippen LogP contribution is -2.50. The number of rotatable bonds is 2. The number of hydrogen-bond acceptors (Lipinski definition) is 2. The molecule has 3 heteroatoms. The third-order valence-electron chi connectivity index (χ3n) is 9.13. The molecule has 1 N–H and O–H groups in total. The van der Waals surface area contributed by atoms with E-state index in [4.69, 9.17) is 5.26 Å². The van der Waals surface area contributed by atoms with Gasteiger partial charge in [0.05, 0.1) is 11.6 Å². The molecule has 164 valence electrons. The standard InChI is InChI=1S/C29H32N2O/c1-17-3-8-25(29-13-20-10-21(14-29)12-22(11-20)15-29)31-28(32)24-9-18(2)26(27(17)24)23-6-4-19(16-30)5-7-23/h4-9,17,20-22,26H,3,10-15H2,1-2H3,(H,31,32). The Morgan fingerprint density at radius 3 is 2.25 bits per heavy atom. The molecular formula is C29H32N2O. The summed E-state index contributed by atoms with van der Waals surface area (Å²) in [6.45, 7) is 4.42. The zero-order valence-electron chi connectivity index (χ0n) is 19.2. The summed E-state index contributed by atoms with van der Waals surface area (Å²) in [5.74, 6) is 3.13. The van der Waals surface area contributed by atoms with E-state index in [-0.39, 0.29) is 17.2 Å². The number of nitrogens with one attached hydrogen (secondary N) is 1. The topological polar surface area (TPSA) is 52.9 Å². The Balaban J connectivity index is 1.33. The fourth-order valence-electron chi connectivity index (χ4n) is 8.19. The van der Waals surface area contributed by atoms with E-state index in [0.29, 0.717) is 11.5 Å². The molecule has 2 atom stereocenters. The average Bonchev–Trinajstić information content (AvgIpc) is 3.11. The molecule has 1 heterocycles. The van der Waals surface area contributed by atoms with Crippen molar-refractivity contribution in [1.82, 2.24) is 5.32 Å². The summed E-state index contributed by atoms with van der Waals surface area (Å²) in [5, 5.41) is 12.6. The van der Waals surface area contributed by atoms with E-state index in [2.05, 4.69) is 49.5 Å². The second-order valence-electron chi connectivity index (χ2n) is 11.3. The molecule has 1 aromatic rings. The number of carbonyl (C=O) groups excluding carboxylic acids is 1. The SMILES string of the molecule is CC1=CC2=C(C(C)CC=C(C34CC5CC(CC(C5)C3)C4)NC2=O)C1c1ccc(C#N)cc1. The molecule has 5 aliphatic carbocycles. The van der Waals surface area contributed by atoms with E-state index < -0.39 is 0 Å². The van der Waals surface area contributed by atoms with Crippen molar-refractivity contribution in [3.05, 3.63) is 70.0 Å². The van der Waals surface area contributed by atoms with Gasteiger partial charge in [0.25, 0.3) is 5.91 Å². The highest BCUT2D eigenvalue weighted by Crippen LogP contribution is 2.62. The van der Waals surface area contributed by atoms with Gasteiger partial charge in [-0.1, -0.05) is 30.7 Å². The van der Waals surface area contributed by atoms with Gasteiger partial charge in [-0.2, -0.15) is 5.26 Å². The van der Waals surface area contributed by atoms with Crippen LogP contribution >= 0.6 is 0 Å². The first kappa shape index (κ1) is 20.0. The molecule has 0 aromatic heterocycles. The minimum Gasteiger partial charge on any atom is -0.325 e. The van der Waals surface area contributed by atoms with Crippen molar-refractivity contribution in [2.45, 2.75) is 64.7 Å². The number of amides is 1. The first-order valence-corrected chi connectivity index (χ1v) is 12.4. The maximum atomic E-state index is 13.6. The summed E-state index contributed by atoms with van der Waals surface area (Å²) >= 11 is 0. The second kappa shape index (κ2) is 7.20. The van der Waals surface area contributed by atoms with Gasteiger partial charge >= 0.3 is 0 Å². The number of hydrogen-bond donors (Lipinski definition) is 1. The van der Waals surface area contributed by atoms with Gasteiger partial charge in [-0.05, 0) is 105 Å². The van der Waals surface area contributed by atoms with Crippen molar-refractivity contribution in [2.75, 3.05) is 0 Å². The van der Waals surface area contributed by atoms with Gasteiger partial charge < -0.3 is 5.32 Å². The molecule has 3 nitrogen and oxygen atoms in total. The Kier molecular flexibility index (Phi) is 4.51. The van der Waals surface area contributed by atoms with Gasteiger partial charge in [-0.15, -0.1) is 0 Å². The van der Waals surface area contributed by atoms with E-state index >= 15 is 0 Å². The molecule has 4 fully saturated rings. The van der Waals surface area contributed by atoms with Crippen LogP contribution in [-0.4, -0.2) is 5.91 Å². The molecule has 4 saturated carbocycles. The lowest BCUT2D eigenvalue weighted by atomic mass is 9.48. The minimum atomic E-state index is 0.0871. The van der Waals surface area contributed by atoms with Crippen molar-refractivity contribution in [3.63, 3.8) is 0 Å². The van der Waals surface area contributed by atoms with Crippen LogP contribution in [-0.2, 0) is 4.79 Å². The monoisotopic (exact) mass is 424 g/mol. The van der Waals surface area contributed by atoms with Gasteiger partial charge in [0.2, 0.25) is 0 Å². The predicted molar refractivity (Wildman–Crippen MR) is 125 cm³/mol. The van der Waals surface area contributed by atoms with Crippen LogP contribution in [0, 0.1) is 40.4 Å². The van der Waals surface area contributed by atoms with E-state index in [0.717, 1.165) is 29.7 Å². The van der Waals surface area contributed by atoms with Gasteiger partial charge in [0, 0.05) is 22.6 Å². The highest BCUT2D eigenvalue weighted by atomic mass is 16.1. The van der Waals surface area contributed by atoms with E-state index in [1.165, 1.54) is 60.9 Å². The Morgan fingerprint density at radius 1 is 1.03 bits per heavy atom. The van der Waals surface area contributed by atoms with Gasteiger partial charge in [-0.3, -0.25) is 4.79 Å². The van der Waals surface area contributed by atoms with E-state index in [9.17, 15) is 4.79 Å². The lowest BCUT2D eigenvalue weighted by molar-refractivity contribution is -0.117. The Bertz CT molecular complexity index is 1080. The summed E-state index contributed by atoms with van der Waals surface area (Å²) in [5.41, 5.74) is 6.65. The third-order valence-corrected chi connectivity index (χ3v) is 9.13. The van der Waals surface area contributed by atoms with Crippen molar-refractivity contribution >= 4 is 5.91 Å². The largest absolute Gasteiger partial charge is 0.325 e. The fourth-order valence-corrected chi connectivity index (χ4v) is 8.19. The van der Waals surface area contributed by atoms with Gasteiger partial charge in [0.1, 0.15) is 0 Å². The van der Waals surface area contributed by atoms with Crippen molar-refractivity contribution < 1.29 is 4.79 Å². The molecular weight excluding hydrogens is 392 g/mol. The summed E-state index contributed by atoms with van der Waals surface area (Å²) < 4.78 is 0. The molecule has 2 unspecified atom stereocenters. The summed E-state index contributed by atoms with van der Waals surface area (Å²) in [6.07, 6.45) is 13.6. The van der Waals surface area contributed by atoms with Gasteiger partial charge in [0.15, 0.2) is 0 Å². The van der Waals surface area contributed by atoms with Crippen LogP contribution in [0.2, 0.25) is 0 Å². The smallest absolute Gasteiger partial charge is 0.255 e. The Morgan fingerprint density at radius 2 is 1.66 bits per heavy atom. The van der Waals surface area contributed by atoms with Crippen LogP contribution in [0.4, 0.5) is 0 Å². The molecule has 1 aromatic carbocycles. The van der Waals surface area contributed by atoms with E-state index in [1.54, 1.807) is 0 Å². The Labute approximate surface area is 191 Å². The van der Waals surface area contributed by atoms with Crippen LogP contribution in [0.5, 0.6) is 0 Å². The molecule has 32 heavy (non-hydrogen) atoms. The minimum absolute atomic E-state index is 0.0871. The van der Waals surface area contributed by atoms with Crippen LogP contribution in [0.25, 0.3) is 0 Å². The van der Waals surface area contributed by atoms with Crippen LogP contribution in [0.3, 0.4) is 0 Å². The zero-order chi connectivity index (χ0) is 22.0. The predicted octanol–water partition coefficient (Wildman–Crippen LogP) is 6.15. The third kappa shape index (κ3) is 3.03. The maximum absolute atomic E-state index is 13.6. The molecule has 0 spiro atoms. The molecule has 1 aliphatic heterocycles. The highest BCUT2D eigenvalue weighted by Gasteiger charge is 2.53. The van der Waals surface area contributed by atoms with Crippen LogP contribution < -0.4 is 5.32 Å². The summed E-state index contributed by atoms with van der Waals surface area (Å²) in [7, 11) is 0. The molecule has 4 bridgehead atoms. The Hall–Kier alpha value is -2.60. The molecule has 1 amide bonds. The molecule has 7 rings (SSSR count). The maximum Gasteiger partial charge on any atom is 0.255 e. The summed E-state index contributed by atoms with van der Waals surface area (Å²) in [4.78, 5) is 13.6. The number of nitriles is 1. The number of allylic oxidation sites excluding steroid dienone is 4.